The van der Waals surface area contributed by atoms with Gasteiger partial charge < -0.3 is 11.1 Å². The summed E-state index contributed by atoms with van der Waals surface area (Å²) in [5.74, 6) is 0.329. The predicted molar refractivity (Wildman–Crippen MR) is 69.4 cm³/mol. The lowest BCUT2D eigenvalue weighted by atomic mass is 9.73. The van der Waals surface area contributed by atoms with Gasteiger partial charge in [0.05, 0.1) is 5.54 Å². The van der Waals surface area contributed by atoms with Crippen molar-refractivity contribution in [3.63, 3.8) is 0 Å². The van der Waals surface area contributed by atoms with Gasteiger partial charge in [-0.15, -0.1) is 0 Å². The summed E-state index contributed by atoms with van der Waals surface area (Å²) in [6.07, 6.45) is 4.73. The summed E-state index contributed by atoms with van der Waals surface area (Å²) in [4.78, 5) is 0. The highest BCUT2D eigenvalue weighted by Gasteiger charge is 2.36. The van der Waals surface area contributed by atoms with E-state index >= 15 is 0 Å². The number of anilines is 1. The highest BCUT2D eigenvalue weighted by molar-refractivity contribution is 5.46. The van der Waals surface area contributed by atoms with Crippen LogP contribution in [0.2, 0.25) is 0 Å². The first kappa shape index (κ1) is 12.4. The Morgan fingerprint density at radius 2 is 2.29 bits per heavy atom. The second-order valence-electron chi connectivity index (χ2n) is 5.14. The number of hydrogen-bond acceptors (Lipinski definition) is 2. The van der Waals surface area contributed by atoms with E-state index in [1.807, 2.05) is 6.07 Å². The van der Waals surface area contributed by atoms with Crippen LogP contribution in [0.4, 0.5) is 10.1 Å². The van der Waals surface area contributed by atoms with Crippen molar-refractivity contribution in [2.24, 2.45) is 11.7 Å². The van der Waals surface area contributed by atoms with Gasteiger partial charge in [-0.05, 0) is 37.0 Å². The smallest absolute Gasteiger partial charge is 0.125 e. The van der Waals surface area contributed by atoms with Gasteiger partial charge in [0.15, 0.2) is 0 Å². The van der Waals surface area contributed by atoms with Gasteiger partial charge in [-0.1, -0.05) is 25.8 Å². The van der Waals surface area contributed by atoms with Gasteiger partial charge in [0.25, 0.3) is 0 Å². The third-order valence-corrected chi connectivity index (χ3v) is 4.04. The number of halogens is 1. The lowest BCUT2D eigenvalue weighted by molar-refractivity contribution is 0.235. The minimum absolute atomic E-state index is 0.0634. The van der Waals surface area contributed by atoms with Crippen LogP contribution in [0.25, 0.3) is 0 Å². The van der Waals surface area contributed by atoms with Crippen LogP contribution >= 0.6 is 0 Å². The summed E-state index contributed by atoms with van der Waals surface area (Å²) >= 11 is 0. The standard InChI is InChI=1S/C14H21FN2/c1-11-5-2-3-8-14(11,10-16)17-13-7-4-6-12(15)9-13/h4,6-7,9,11,17H,2-3,5,8,10,16H2,1H3. The van der Waals surface area contributed by atoms with E-state index in [0.29, 0.717) is 12.5 Å². The number of benzene rings is 1. The zero-order chi connectivity index (χ0) is 12.3. The third kappa shape index (κ3) is 2.60. The molecule has 1 aliphatic rings. The SMILES string of the molecule is CC1CCCCC1(CN)Nc1cccc(F)c1. The zero-order valence-electron chi connectivity index (χ0n) is 10.4. The molecule has 0 spiro atoms. The Morgan fingerprint density at radius 3 is 2.94 bits per heavy atom. The van der Waals surface area contributed by atoms with Crippen LogP contribution in [0, 0.1) is 11.7 Å². The molecule has 1 aromatic rings. The van der Waals surface area contributed by atoms with Gasteiger partial charge in [0.2, 0.25) is 0 Å². The van der Waals surface area contributed by atoms with Gasteiger partial charge in [0, 0.05) is 12.2 Å². The van der Waals surface area contributed by atoms with Gasteiger partial charge >= 0.3 is 0 Å². The van der Waals surface area contributed by atoms with Gasteiger partial charge in [-0.25, -0.2) is 4.39 Å². The second-order valence-corrected chi connectivity index (χ2v) is 5.14. The molecule has 17 heavy (non-hydrogen) atoms. The molecule has 2 rings (SSSR count). The largest absolute Gasteiger partial charge is 0.378 e. The lowest BCUT2D eigenvalue weighted by Gasteiger charge is -2.43. The van der Waals surface area contributed by atoms with E-state index in [1.54, 1.807) is 12.1 Å². The molecule has 94 valence electrons. The normalized spacial score (nSPS) is 29.0. The quantitative estimate of drug-likeness (QED) is 0.846. The molecular formula is C14H21FN2. The molecule has 0 radical (unpaired) electrons. The number of hydrogen-bond donors (Lipinski definition) is 2. The van der Waals surface area contributed by atoms with Crippen molar-refractivity contribution in [1.29, 1.82) is 0 Å². The molecule has 2 atom stereocenters. The molecule has 3 N–H and O–H groups in total. The maximum Gasteiger partial charge on any atom is 0.125 e. The number of nitrogens with one attached hydrogen (secondary N) is 1. The molecular weight excluding hydrogens is 215 g/mol. The maximum atomic E-state index is 13.2. The fraction of sp³-hybridized carbons (Fsp3) is 0.571. The summed E-state index contributed by atoms with van der Waals surface area (Å²) in [7, 11) is 0. The Hall–Kier alpha value is -1.09. The van der Waals surface area contributed by atoms with Crippen LogP contribution in [-0.2, 0) is 0 Å². The van der Waals surface area contributed by atoms with E-state index in [2.05, 4.69) is 12.2 Å². The Balaban J connectivity index is 2.18. The maximum absolute atomic E-state index is 13.2. The van der Waals surface area contributed by atoms with Crippen molar-refractivity contribution in [3.05, 3.63) is 30.1 Å². The Labute approximate surface area is 102 Å². The van der Waals surface area contributed by atoms with Crippen LogP contribution in [-0.4, -0.2) is 12.1 Å². The average Bonchev–Trinajstić information content (AvgIpc) is 2.32. The fourth-order valence-electron chi connectivity index (χ4n) is 2.81. The highest BCUT2D eigenvalue weighted by Crippen LogP contribution is 2.35. The van der Waals surface area contributed by atoms with Crippen molar-refractivity contribution < 1.29 is 4.39 Å². The molecule has 1 aromatic carbocycles. The highest BCUT2D eigenvalue weighted by atomic mass is 19.1. The van der Waals surface area contributed by atoms with E-state index in [9.17, 15) is 4.39 Å². The average molecular weight is 236 g/mol. The Kier molecular flexibility index (Phi) is 3.67. The molecule has 0 bridgehead atoms. The van der Waals surface area contributed by atoms with Crippen molar-refractivity contribution in [1.82, 2.24) is 0 Å². The fourth-order valence-corrected chi connectivity index (χ4v) is 2.81. The monoisotopic (exact) mass is 236 g/mol. The Bertz CT molecular complexity index is 380. The first-order valence-corrected chi connectivity index (χ1v) is 6.40. The van der Waals surface area contributed by atoms with Crippen LogP contribution in [0.1, 0.15) is 32.6 Å². The molecule has 0 amide bonds. The van der Waals surface area contributed by atoms with E-state index in [4.69, 9.17) is 5.73 Å². The third-order valence-electron chi connectivity index (χ3n) is 4.04. The minimum atomic E-state index is -0.203. The molecule has 0 aliphatic heterocycles. The first-order valence-electron chi connectivity index (χ1n) is 6.40. The molecule has 1 aliphatic carbocycles. The van der Waals surface area contributed by atoms with Crippen LogP contribution in [0.3, 0.4) is 0 Å². The van der Waals surface area contributed by atoms with Crippen LogP contribution in [0.5, 0.6) is 0 Å². The Morgan fingerprint density at radius 1 is 1.47 bits per heavy atom. The number of rotatable bonds is 3. The number of nitrogens with two attached hydrogens (primary N) is 1. The lowest BCUT2D eigenvalue weighted by Crippen LogP contribution is -2.52. The molecule has 0 aromatic heterocycles. The molecule has 1 fully saturated rings. The van der Waals surface area contributed by atoms with Gasteiger partial charge in [-0.2, -0.15) is 0 Å². The van der Waals surface area contributed by atoms with E-state index in [0.717, 1.165) is 12.1 Å². The topological polar surface area (TPSA) is 38.0 Å². The summed E-state index contributed by atoms with van der Waals surface area (Å²) in [5.41, 5.74) is 6.73. The minimum Gasteiger partial charge on any atom is -0.378 e. The van der Waals surface area contributed by atoms with Crippen LogP contribution in [0.15, 0.2) is 24.3 Å². The van der Waals surface area contributed by atoms with Crippen molar-refractivity contribution in [2.45, 2.75) is 38.1 Å². The summed E-state index contributed by atoms with van der Waals surface area (Å²) in [6.45, 7) is 2.84. The molecule has 2 unspecified atom stereocenters. The van der Waals surface area contributed by atoms with Gasteiger partial charge in [-0.3, -0.25) is 0 Å². The predicted octanol–water partition coefficient (Wildman–Crippen LogP) is 3.15. The summed E-state index contributed by atoms with van der Waals surface area (Å²) in [5, 5.41) is 3.47. The van der Waals surface area contributed by atoms with Crippen molar-refractivity contribution >= 4 is 5.69 Å². The molecule has 0 saturated heterocycles. The molecule has 0 heterocycles. The van der Waals surface area contributed by atoms with Crippen molar-refractivity contribution in [3.8, 4) is 0 Å². The van der Waals surface area contributed by atoms with Crippen LogP contribution < -0.4 is 11.1 Å². The molecule has 3 heteroatoms. The second kappa shape index (κ2) is 5.05. The summed E-state index contributed by atoms with van der Waals surface area (Å²) in [6, 6.07) is 6.64. The van der Waals surface area contributed by atoms with E-state index in [-0.39, 0.29) is 11.4 Å². The van der Waals surface area contributed by atoms with Gasteiger partial charge in [0.1, 0.15) is 5.82 Å². The van der Waals surface area contributed by atoms with E-state index in [1.165, 1.54) is 25.3 Å². The summed E-state index contributed by atoms with van der Waals surface area (Å²) < 4.78 is 13.2. The van der Waals surface area contributed by atoms with E-state index < -0.39 is 0 Å². The molecule has 1 saturated carbocycles. The first-order chi connectivity index (χ1) is 8.16. The zero-order valence-corrected chi connectivity index (χ0v) is 10.4. The van der Waals surface area contributed by atoms with Crippen molar-refractivity contribution in [2.75, 3.05) is 11.9 Å². The molecule has 2 nitrogen and oxygen atoms in total.